The maximum absolute atomic E-state index is 10.7. The monoisotopic (exact) mass is 157 g/mol. The van der Waals surface area contributed by atoms with Crippen molar-refractivity contribution in [3.8, 4) is 12.3 Å². The highest BCUT2D eigenvalue weighted by atomic mass is 31.1. The predicted molar refractivity (Wildman–Crippen MR) is 38.9 cm³/mol. The third kappa shape index (κ3) is 3.34. The molecule has 0 amide bonds. The SMILES string of the molecule is C#CC[C@H](N)C(=O)CP=O. The van der Waals surface area contributed by atoms with E-state index in [0.29, 0.717) is 0 Å². The molecule has 0 bridgehead atoms. The van der Waals surface area contributed by atoms with Gasteiger partial charge in [0.25, 0.3) is 0 Å². The van der Waals surface area contributed by atoms with E-state index in [1.165, 1.54) is 0 Å². The second-order valence-corrected chi connectivity index (χ2v) is 2.34. The van der Waals surface area contributed by atoms with E-state index in [9.17, 15) is 9.36 Å². The van der Waals surface area contributed by atoms with E-state index in [4.69, 9.17) is 12.2 Å². The summed E-state index contributed by atoms with van der Waals surface area (Å²) >= 11 is 0. The standard InChI is InChI=1S/C6H8NO2P/c1-2-3-5(7)6(8)4-10-9/h1,5H,3-4,7H2/t5-/m0/s1. The summed E-state index contributed by atoms with van der Waals surface area (Å²) in [5, 5.41) is 0. The van der Waals surface area contributed by atoms with Crippen LogP contribution in [0, 0.1) is 12.3 Å². The van der Waals surface area contributed by atoms with Crippen LogP contribution in [-0.4, -0.2) is 18.0 Å². The molecule has 0 aliphatic heterocycles. The molecular formula is C6H8NO2P. The molecule has 0 saturated carbocycles. The van der Waals surface area contributed by atoms with E-state index >= 15 is 0 Å². The van der Waals surface area contributed by atoms with E-state index < -0.39 is 6.04 Å². The molecule has 0 aromatic heterocycles. The number of terminal acetylenes is 1. The number of carbonyl (C=O) groups is 1. The summed E-state index contributed by atoms with van der Waals surface area (Å²) in [5.41, 5.74) is 5.28. The Morgan fingerprint density at radius 2 is 2.40 bits per heavy atom. The quantitative estimate of drug-likeness (QED) is 0.468. The molecule has 0 saturated heterocycles. The van der Waals surface area contributed by atoms with Gasteiger partial charge in [0.15, 0.2) is 14.2 Å². The zero-order valence-electron chi connectivity index (χ0n) is 5.41. The Morgan fingerprint density at radius 1 is 1.80 bits per heavy atom. The zero-order chi connectivity index (χ0) is 7.98. The Balaban J connectivity index is 3.72. The second-order valence-electron chi connectivity index (χ2n) is 1.77. The van der Waals surface area contributed by atoms with E-state index in [1.807, 2.05) is 0 Å². The minimum absolute atomic E-state index is 0.0388. The fourth-order valence-corrected chi connectivity index (χ4v) is 0.783. The van der Waals surface area contributed by atoms with E-state index in [2.05, 4.69) is 5.92 Å². The van der Waals surface area contributed by atoms with Crippen LogP contribution in [0.2, 0.25) is 0 Å². The highest BCUT2D eigenvalue weighted by Crippen LogP contribution is 1.96. The lowest BCUT2D eigenvalue weighted by molar-refractivity contribution is -0.117. The molecule has 0 aliphatic rings. The van der Waals surface area contributed by atoms with Crippen LogP contribution in [0.1, 0.15) is 6.42 Å². The minimum atomic E-state index is -0.647. The Hall–Kier alpha value is -0.710. The van der Waals surface area contributed by atoms with E-state index in [-0.39, 0.29) is 26.8 Å². The number of carbonyl (C=O) groups excluding carboxylic acids is 1. The highest BCUT2D eigenvalue weighted by molar-refractivity contribution is 7.25. The summed E-state index contributed by atoms with van der Waals surface area (Å²) in [6.45, 7) is 0. The minimum Gasteiger partial charge on any atom is -0.321 e. The molecular weight excluding hydrogens is 149 g/mol. The lowest BCUT2D eigenvalue weighted by atomic mass is 10.1. The molecule has 1 atom stereocenters. The highest BCUT2D eigenvalue weighted by Gasteiger charge is 2.10. The van der Waals surface area contributed by atoms with Crippen molar-refractivity contribution in [3.05, 3.63) is 0 Å². The third-order valence-corrected chi connectivity index (χ3v) is 1.41. The van der Waals surface area contributed by atoms with Gasteiger partial charge in [0.2, 0.25) is 0 Å². The van der Waals surface area contributed by atoms with Crippen LogP contribution in [0.25, 0.3) is 0 Å². The first-order chi connectivity index (χ1) is 4.72. The molecule has 0 fully saturated rings. The summed E-state index contributed by atoms with van der Waals surface area (Å²) in [6.07, 6.45) is 5.08. The van der Waals surface area contributed by atoms with Crippen LogP contribution in [0.3, 0.4) is 0 Å². The van der Waals surface area contributed by atoms with E-state index in [0.717, 1.165) is 0 Å². The molecule has 0 aromatic carbocycles. The summed E-state index contributed by atoms with van der Waals surface area (Å²) < 4.78 is 9.89. The molecule has 0 heterocycles. The fraction of sp³-hybridized carbons (Fsp3) is 0.500. The van der Waals surface area contributed by atoms with E-state index in [1.54, 1.807) is 0 Å². The average Bonchev–Trinajstić information content (AvgIpc) is 1.89. The van der Waals surface area contributed by atoms with Crippen LogP contribution in [0.5, 0.6) is 0 Å². The summed E-state index contributed by atoms with van der Waals surface area (Å²) in [5.74, 6) is 2.00. The van der Waals surface area contributed by atoms with Crippen molar-refractivity contribution in [1.82, 2.24) is 0 Å². The van der Waals surface area contributed by atoms with Gasteiger partial charge in [0.1, 0.15) is 0 Å². The predicted octanol–water partition coefficient (Wildman–Crippen LogP) is 0.198. The normalized spacial score (nSPS) is 12.4. The van der Waals surface area contributed by atoms with Gasteiger partial charge in [-0.25, -0.2) is 0 Å². The van der Waals surface area contributed by atoms with Crippen LogP contribution < -0.4 is 5.73 Å². The Labute approximate surface area is 61.2 Å². The lowest BCUT2D eigenvalue weighted by Gasteiger charge is -2.01. The second kappa shape index (κ2) is 5.10. The number of rotatable bonds is 4. The Bertz CT molecular complexity index is 173. The average molecular weight is 157 g/mol. The van der Waals surface area contributed by atoms with Crippen LogP contribution in [-0.2, 0) is 9.36 Å². The fourth-order valence-electron chi connectivity index (χ4n) is 0.422. The summed E-state index contributed by atoms with van der Waals surface area (Å²) in [4.78, 5) is 10.7. The number of nitrogens with two attached hydrogens (primary N) is 1. The van der Waals surface area contributed by atoms with Crippen LogP contribution in [0.15, 0.2) is 0 Å². The van der Waals surface area contributed by atoms with Gasteiger partial charge in [0, 0.05) is 6.42 Å². The number of hydrogen-bond donors (Lipinski definition) is 1. The van der Waals surface area contributed by atoms with Gasteiger partial charge in [-0.3, -0.25) is 9.36 Å². The first-order valence-electron chi connectivity index (χ1n) is 2.73. The molecule has 0 aliphatic carbocycles. The van der Waals surface area contributed by atoms with Crippen molar-refractivity contribution in [2.24, 2.45) is 5.73 Å². The first-order valence-corrected chi connectivity index (χ1v) is 3.73. The number of Topliss-reactive ketones (excluding diaryl/α,β-unsaturated/α-hetero) is 1. The van der Waals surface area contributed by atoms with Gasteiger partial charge in [-0.1, -0.05) is 0 Å². The number of hydrogen-bond acceptors (Lipinski definition) is 3. The topological polar surface area (TPSA) is 60.2 Å². The van der Waals surface area contributed by atoms with Crippen molar-refractivity contribution in [1.29, 1.82) is 0 Å². The largest absolute Gasteiger partial charge is 0.321 e. The molecule has 0 aromatic rings. The van der Waals surface area contributed by atoms with Crippen molar-refractivity contribution in [2.75, 3.05) is 6.16 Å². The Kier molecular flexibility index (Phi) is 4.74. The van der Waals surface area contributed by atoms with Crippen molar-refractivity contribution in [3.63, 3.8) is 0 Å². The molecule has 4 heteroatoms. The van der Waals surface area contributed by atoms with Crippen molar-refractivity contribution in [2.45, 2.75) is 12.5 Å². The van der Waals surface area contributed by atoms with Gasteiger partial charge >= 0.3 is 0 Å². The molecule has 2 N–H and O–H groups in total. The smallest absolute Gasteiger partial charge is 0.163 e. The molecule has 0 rings (SSSR count). The third-order valence-electron chi connectivity index (χ3n) is 0.972. The first kappa shape index (κ1) is 9.29. The lowest BCUT2D eigenvalue weighted by Crippen LogP contribution is -2.30. The van der Waals surface area contributed by atoms with Crippen LogP contribution >= 0.6 is 8.46 Å². The molecule has 0 spiro atoms. The maximum atomic E-state index is 10.7. The molecule has 54 valence electrons. The molecule has 10 heavy (non-hydrogen) atoms. The van der Waals surface area contributed by atoms with Gasteiger partial charge in [-0.2, -0.15) is 0 Å². The maximum Gasteiger partial charge on any atom is 0.163 e. The molecule has 0 radical (unpaired) electrons. The van der Waals surface area contributed by atoms with Gasteiger partial charge in [-0.15, -0.1) is 12.3 Å². The van der Waals surface area contributed by atoms with Gasteiger partial charge in [0.05, 0.1) is 12.2 Å². The number of ketones is 1. The Morgan fingerprint density at radius 3 is 2.80 bits per heavy atom. The van der Waals surface area contributed by atoms with Crippen LogP contribution in [0.4, 0.5) is 0 Å². The molecule has 3 nitrogen and oxygen atoms in total. The van der Waals surface area contributed by atoms with Gasteiger partial charge < -0.3 is 5.73 Å². The molecule has 0 unspecified atom stereocenters. The zero-order valence-corrected chi connectivity index (χ0v) is 6.30. The van der Waals surface area contributed by atoms with Gasteiger partial charge in [-0.05, 0) is 0 Å². The summed E-state index contributed by atoms with van der Waals surface area (Å²) in [6, 6.07) is -0.647. The summed E-state index contributed by atoms with van der Waals surface area (Å²) in [7, 11) is -0.199. The van der Waals surface area contributed by atoms with Crippen molar-refractivity contribution < 1.29 is 9.36 Å². The van der Waals surface area contributed by atoms with Crippen molar-refractivity contribution >= 4 is 14.2 Å².